The van der Waals surface area contributed by atoms with Gasteiger partial charge in [-0.15, -0.1) is 0 Å². The number of aromatic hydroxyl groups is 1. The number of rotatable bonds is 1. The van der Waals surface area contributed by atoms with Crippen LogP contribution in [-0.2, 0) is 0 Å². The molecular formula is C11H10N2O. The average Bonchev–Trinajstić information content (AvgIpc) is 2.23. The largest absolute Gasteiger partial charge is 0.506 e. The summed E-state index contributed by atoms with van der Waals surface area (Å²) in [7, 11) is 1.58. The summed E-state index contributed by atoms with van der Waals surface area (Å²) in [5.41, 5.74) is 0.533. The van der Waals surface area contributed by atoms with Gasteiger partial charge in [-0.3, -0.25) is 0 Å². The molecule has 0 amide bonds. The highest BCUT2D eigenvalue weighted by molar-refractivity contribution is 5.95. The lowest BCUT2D eigenvalue weighted by atomic mass is 10.1. The average molecular weight is 186 g/mol. The van der Waals surface area contributed by atoms with E-state index < -0.39 is 0 Å². The molecule has 0 bridgehead atoms. The van der Waals surface area contributed by atoms with Gasteiger partial charge in [-0.2, -0.15) is 10.2 Å². The Hall–Kier alpha value is -1.90. The first-order chi connectivity index (χ1) is 6.83. The molecule has 0 aliphatic heterocycles. The fourth-order valence-electron chi connectivity index (χ4n) is 1.45. The first kappa shape index (κ1) is 8.69. The maximum atomic E-state index is 9.59. The Morgan fingerprint density at radius 2 is 1.86 bits per heavy atom. The van der Waals surface area contributed by atoms with Gasteiger partial charge in [0.05, 0.1) is 0 Å². The van der Waals surface area contributed by atoms with Gasteiger partial charge >= 0.3 is 0 Å². The number of phenols is 1. The van der Waals surface area contributed by atoms with Crippen LogP contribution < -0.4 is 0 Å². The molecule has 0 fully saturated rings. The molecule has 0 radical (unpaired) electrons. The van der Waals surface area contributed by atoms with Crippen molar-refractivity contribution in [3.8, 4) is 5.75 Å². The molecule has 3 heteroatoms. The number of phenolic OH excluding ortho intramolecular Hbond substituents is 1. The van der Waals surface area contributed by atoms with Gasteiger partial charge in [0.15, 0.2) is 0 Å². The number of fused-ring (bicyclic) bond motifs is 1. The smallest absolute Gasteiger partial charge is 0.143 e. The zero-order valence-corrected chi connectivity index (χ0v) is 7.81. The SMILES string of the molecule is CN=Nc1c(O)ccc2ccccc12. The normalized spacial score (nSPS) is 11.2. The quantitative estimate of drug-likeness (QED) is 0.682. The van der Waals surface area contributed by atoms with Gasteiger partial charge in [0.2, 0.25) is 0 Å². The van der Waals surface area contributed by atoms with Crippen molar-refractivity contribution < 1.29 is 5.11 Å². The Bertz CT molecular complexity index is 492. The van der Waals surface area contributed by atoms with Crippen LogP contribution in [0.5, 0.6) is 5.75 Å². The topological polar surface area (TPSA) is 45.0 Å². The molecule has 2 rings (SSSR count). The molecule has 0 atom stereocenters. The van der Waals surface area contributed by atoms with E-state index in [1.807, 2.05) is 30.3 Å². The van der Waals surface area contributed by atoms with Crippen LogP contribution in [0.15, 0.2) is 46.6 Å². The summed E-state index contributed by atoms with van der Waals surface area (Å²) < 4.78 is 0. The summed E-state index contributed by atoms with van der Waals surface area (Å²) in [5, 5.41) is 19.1. The zero-order chi connectivity index (χ0) is 9.97. The Morgan fingerprint density at radius 3 is 2.64 bits per heavy atom. The van der Waals surface area contributed by atoms with Crippen molar-refractivity contribution in [3.63, 3.8) is 0 Å². The van der Waals surface area contributed by atoms with Crippen molar-refractivity contribution in [3.05, 3.63) is 36.4 Å². The van der Waals surface area contributed by atoms with E-state index in [-0.39, 0.29) is 5.75 Å². The lowest BCUT2D eigenvalue weighted by molar-refractivity contribution is 0.477. The predicted octanol–water partition coefficient (Wildman–Crippen LogP) is 3.26. The third kappa shape index (κ3) is 1.33. The standard InChI is InChI=1S/C11H10N2O/c1-12-13-11-9-5-3-2-4-8(9)6-7-10(11)14/h2-7,14H,1H3. The van der Waals surface area contributed by atoms with Crippen LogP contribution in [0.1, 0.15) is 0 Å². The van der Waals surface area contributed by atoms with E-state index in [2.05, 4.69) is 10.2 Å². The van der Waals surface area contributed by atoms with E-state index >= 15 is 0 Å². The first-order valence-corrected chi connectivity index (χ1v) is 4.33. The van der Waals surface area contributed by atoms with Gasteiger partial charge in [0.25, 0.3) is 0 Å². The number of benzene rings is 2. The van der Waals surface area contributed by atoms with Crippen molar-refractivity contribution in [2.45, 2.75) is 0 Å². The van der Waals surface area contributed by atoms with Crippen LogP contribution in [0.25, 0.3) is 10.8 Å². The molecule has 0 spiro atoms. The molecule has 2 aromatic carbocycles. The van der Waals surface area contributed by atoms with E-state index in [0.717, 1.165) is 10.8 Å². The lowest BCUT2D eigenvalue weighted by Crippen LogP contribution is -1.74. The van der Waals surface area contributed by atoms with Crippen LogP contribution in [0, 0.1) is 0 Å². The molecule has 2 aromatic rings. The Balaban J connectivity index is 2.82. The summed E-state index contributed by atoms with van der Waals surface area (Å²) in [4.78, 5) is 0. The Morgan fingerprint density at radius 1 is 1.07 bits per heavy atom. The van der Waals surface area contributed by atoms with E-state index in [1.54, 1.807) is 13.1 Å². The van der Waals surface area contributed by atoms with Crippen molar-refractivity contribution in [2.75, 3.05) is 7.05 Å². The molecule has 0 heterocycles. The fraction of sp³-hybridized carbons (Fsp3) is 0.0909. The van der Waals surface area contributed by atoms with Gasteiger partial charge in [-0.1, -0.05) is 30.3 Å². The van der Waals surface area contributed by atoms with E-state index in [1.165, 1.54) is 0 Å². The molecule has 0 saturated heterocycles. The minimum Gasteiger partial charge on any atom is -0.506 e. The second-order valence-electron chi connectivity index (χ2n) is 2.95. The molecule has 0 aromatic heterocycles. The highest BCUT2D eigenvalue weighted by atomic mass is 16.3. The van der Waals surface area contributed by atoms with Gasteiger partial charge < -0.3 is 5.11 Å². The van der Waals surface area contributed by atoms with Crippen LogP contribution in [-0.4, -0.2) is 12.2 Å². The third-order valence-electron chi connectivity index (χ3n) is 2.08. The van der Waals surface area contributed by atoms with Gasteiger partial charge in [-0.25, -0.2) is 0 Å². The zero-order valence-electron chi connectivity index (χ0n) is 7.81. The minimum atomic E-state index is 0.161. The monoisotopic (exact) mass is 186 g/mol. The highest BCUT2D eigenvalue weighted by Gasteiger charge is 2.04. The Labute approximate surface area is 81.7 Å². The minimum absolute atomic E-state index is 0.161. The maximum absolute atomic E-state index is 9.59. The predicted molar refractivity (Wildman–Crippen MR) is 56.1 cm³/mol. The molecular weight excluding hydrogens is 176 g/mol. The lowest BCUT2D eigenvalue weighted by Gasteiger charge is -2.02. The Kier molecular flexibility index (Phi) is 2.14. The fourth-order valence-corrected chi connectivity index (χ4v) is 1.45. The third-order valence-corrected chi connectivity index (χ3v) is 2.08. The van der Waals surface area contributed by atoms with E-state index in [0.29, 0.717) is 5.69 Å². The molecule has 0 saturated carbocycles. The van der Waals surface area contributed by atoms with Crippen LogP contribution in [0.2, 0.25) is 0 Å². The number of hydrogen-bond acceptors (Lipinski definition) is 3. The molecule has 14 heavy (non-hydrogen) atoms. The van der Waals surface area contributed by atoms with Crippen LogP contribution in [0.3, 0.4) is 0 Å². The van der Waals surface area contributed by atoms with E-state index in [4.69, 9.17) is 0 Å². The molecule has 0 unspecified atom stereocenters. The highest BCUT2D eigenvalue weighted by Crippen LogP contribution is 2.34. The number of hydrogen-bond donors (Lipinski definition) is 1. The molecule has 3 nitrogen and oxygen atoms in total. The van der Waals surface area contributed by atoms with Crippen molar-refractivity contribution in [2.24, 2.45) is 10.2 Å². The second kappa shape index (κ2) is 3.46. The molecule has 70 valence electrons. The first-order valence-electron chi connectivity index (χ1n) is 4.33. The summed E-state index contributed by atoms with van der Waals surface area (Å²) in [5.74, 6) is 0.161. The van der Waals surface area contributed by atoms with Gasteiger partial charge in [0, 0.05) is 12.4 Å². The second-order valence-corrected chi connectivity index (χ2v) is 2.95. The van der Waals surface area contributed by atoms with Crippen molar-refractivity contribution in [1.29, 1.82) is 0 Å². The molecule has 0 aliphatic rings. The number of nitrogens with zero attached hydrogens (tertiary/aromatic N) is 2. The summed E-state index contributed by atoms with van der Waals surface area (Å²) in [6, 6.07) is 11.2. The number of azo groups is 1. The molecule has 1 N–H and O–H groups in total. The molecule has 0 aliphatic carbocycles. The van der Waals surface area contributed by atoms with E-state index in [9.17, 15) is 5.11 Å². The van der Waals surface area contributed by atoms with Crippen molar-refractivity contribution in [1.82, 2.24) is 0 Å². The summed E-state index contributed by atoms with van der Waals surface area (Å²) in [6.07, 6.45) is 0. The van der Waals surface area contributed by atoms with Gasteiger partial charge in [-0.05, 0) is 11.5 Å². The van der Waals surface area contributed by atoms with Crippen LogP contribution >= 0.6 is 0 Å². The van der Waals surface area contributed by atoms with Crippen molar-refractivity contribution >= 4 is 16.5 Å². The summed E-state index contributed by atoms with van der Waals surface area (Å²) >= 11 is 0. The maximum Gasteiger partial charge on any atom is 0.143 e. The van der Waals surface area contributed by atoms with Gasteiger partial charge in [0.1, 0.15) is 11.4 Å². The van der Waals surface area contributed by atoms with Crippen LogP contribution in [0.4, 0.5) is 5.69 Å². The summed E-state index contributed by atoms with van der Waals surface area (Å²) in [6.45, 7) is 0.